The molecule has 47 heavy (non-hydrogen) atoms. The topological polar surface area (TPSA) is 88.1 Å². The highest BCUT2D eigenvalue weighted by Gasteiger charge is 2.31. The molecule has 7 heteroatoms. The summed E-state index contributed by atoms with van der Waals surface area (Å²) in [6, 6.07) is 19.3. The molecule has 1 fully saturated rings. The van der Waals surface area contributed by atoms with E-state index in [1.165, 1.54) is 44.1 Å². The molecular weight excluding hydrogens is 592 g/mol. The Morgan fingerprint density at radius 1 is 0.766 bits per heavy atom. The van der Waals surface area contributed by atoms with Gasteiger partial charge in [-0.25, -0.2) is 14.4 Å². The van der Waals surface area contributed by atoms with Gasteiger partial charge in [-0.1, -0.05) is 56.4 Å². The van der Waals surface area contributed by atoms with Crippen molar-refractivity contribution in [1.29, 1.82) is 0 Å². The summed E-state index contributed by atoms with van der Waals surface area (Å²) in [6.45, 7) is 13.5. The summed E-state index contributed by atoms with van der Waals surface area (Å²) in [5.41, 5.74) is 3.90. The second kappa shape index (κ2) is 17.7. The Hall–Kier alpha value is -4.91. The first-order valence-electron chi connectivity index (χ1n) is 16.2. The highest BCUT2D eigenvalue weighted by molar-refractivity contribution is 5.92. The summed E-state index contributed by atoms with van der Waals surface area (Å²) in [7, 11) is 0. The monoisotopic (exact) mass is 636 g/mol. The second-order valence-corrected chi connectivity index (χ2v) is 11.8. The molecule has 7 nitrogen and oxygen atoms in total. The van der Waals surface area contributed by atoms with E-state index in [0.29, 0.717) is 58.8 Å². The zero-order valence-corrected chi connectivity index (χ0v) is 27.2. The number of esters is 3. The maximum Gasteiger partial charge on any atom is 0.343 e. The molecule has 0 aromatic heterocycles. The Balaban J connectivity index is 1.22. The Kier molecular flexibility index (Phi) is 13.2. The highest BCUT2D eigenvalue weighted by Crippen LogP contribution is 2.45. The molecule has 0 bridgehead atoms. The van der Waals surface area contributed by atoms with Crippen LogP contribution < -0.4 is 14.2 Å². The van der Waals surface area contributed by atoms with E-state index in [1.54, 1.807) is 49.4 Å². The highest BCUT2D eigenvalue weighted by atomic mass is 16.5. The fraction of sp³-hybridized carbons (Fsp3) is 0.325. The molecule has 0 saturated heterocycles. The predicted molar refractivity (Wildman–Crippen MR) is 183 cm³/mol. The van der Waals surface area contributed by atoms with Crippen LogP contribution in [0, 0.1) is 12.8 Å². The minimum Gasteiger partial charge on any atom is -0.493 e. The van der Waals surface area contributed by atoms with Crippen molar-refractivity contribution in [3.63, 3.8) is 0 Å². The van der Waals surface area contributed by atoms with Gasteiger partial charge < -0.3 is 18.9 Å². The lowest BCUT2D eigenvalue weighted by Gasteiger charge is -2.37. The third-order valence-corrected chi connectivity index (χ3v) is 8.47. The first-order chi connectivity index (χ1) is 22.8. The van der Waals surface area contributed by atoms with Crippen LogP contribution in [0.3, 0.4) is 0 Å². The molecule has 3 aromatic rings. The number of unbranched alkanes of at least 4 members (excludes halogenated alkanes) is 2. The number of ether oxygens (including phenoxy) is 4. The standard InChI is InChI=1S/C40H44O7/c1-5-28(3)11-8-7-9-12-30-19-23-36(30)31-13-15-32(16-14-31)39(42)46-35-22-24-37(29(4)27-35)47-40(43)33-17-20-34(21-18-33)44-25-10-26-45-38(41)6-2/h5-6,13-18,20-22,24,27,30,36H,1-3,7-12,19,23,25-26H2,4H3. The van der Waals surface area contributed by atoms with Gasteiger partial charge in [0.25, 0.3) is 0 Å². The molecule has 0 amide bonds. The van der Waals surface area contributed by atoms with Crippen molar-refractivity contribution in [2.75, 3.05) is 13.2 Å². The zero-order valence-electron chi connectivity index (χ0n) is 27.2. The van der Waals surface area contributed by atoms with Crippen molar-refractivity contribution in [2.45, 2.75) is 64.2 Å². The molecular formula is C40H44O7. The molecule has 1 aliphatic carbocycles. The van der Waals surface area contributed by atoms with Gasteiger partial charge >= 0.3 is 17.9 Å². The van der Waals surface area contributed by atoms with Gasteiger partial charge in [-0.2, -0.15) is 0 Å². The first-order valence-corrected chi connectivity index (χ1v) is 16.2. The molecule has 246 valence electrons. The summed E-state index contributed by atoms with van der Waals surface area (Å²) in [5, 5.41) is 0. The van der Waals surface area contributed by atoms with Crippen molar-refractivity contribution in [3.8, 4) is 17.2 Å². The largest absolute Gasteiger partial charge is 0.493 e. The van der Waals surface area contributed by atoms with E-state index in [0.717, 1.165) is 18.1 Å². The van der Waals surface area contributed by atoms with Crippen LogP contribution in [0.2, 0.25) is 0 Å². The van der Waals surface area contributed by atoms with E-state index >= 15 is 0 Å². The molecule has 0 spiro atoms. The maximum absolute atomic E-state index is 12.9. The zero-order chi connectivity index (χ0) is 33.6. The number of hydrogen-bond acceptors (Lipinski definition) is 7. The first kappa shape index (κ1) is 35.0. The fourth-order valence-corrected chi connectivity index (χ4v) is 5.55. The molecule has 0 radical (unpaired) electrons. The lowest BCUT2D eigenvalue weighted by atomic mass is 9.68. The Morgan fingerprint density at radius 2 is 1.45 bits per heavy atom. The average molecular weight is 637 g/mol. The van der Waals surface area contributed by atoms with E-state index in [4.69, 9.17) is 18.9 Å². The van der Waals surface area contributed by atoms with Crippen LogP contribution in [-0.4, -0.2) is 31.1 Å². The van der Waals surface area contributed by atoms with Crippen LogP contribution in [0.5, 0.6) is 17.2 Å². The molecule has 1 aliphatic rings. The van der Waals surface area contributed by atoms with Gasteiger partial charge in [0.05, 0.1) is 24.3 Å². The lowest BCUT2D eigenvalue weighted by molar-refractivity contribution is -0.137. The summed E-state index contributed by atoms with van der Waals surface area (Å²) < 4.78 is 21.7. The number of carbonyl (C=O) groups is 3. The van der Waals surface area contributed by atoms with Crippen LogP contribution in [0.4, 0.5) is 0 Å². The predicted octanol–water partition coefficient (Wildman–Crippen LogP) is 9.12. The molecule has 3 aromatic carbocycles. The summed E-state index contributed by atoms with van der Waals surface area (Å²) in [5.74, 6) is 1.14. The quantitative estimate of drug-likeness (QED) is 0.0452. The van der Waals surface area contributed by atoms with E-state index in [9.17, 15) is 14.4 Å². The Labute approximate surface area is 277 Å². The van der Waals surface area contributed by atoms with Gasteiger partial charge in [0.1, 0.15) is 17.2 Å². The molecule has 1 saturated carbocycles. The van der Waals surface area contributed by atoms with Gasteiger partial charge in [-0.3, -0.25) is 0 Å². The van der Waals surface area contributed by atoms with Crippen LogP contribution in [0.25, 0.3) is 0 Å². The van der Waals surface area contributed by atoms with Crippen molar-refractivity contribution < 1.29 is 33.3 Å². The average Bonchev–Trinajstić information content (AvgIpc) is 3.07. The molecule has 0 N–H and O–H groups in total. The third-order valence-electron chi connectivity index (χ3n) is 8.47. The minimum atomic E-state index is -0.524. The van der Waals surface area contributed by atoms with E-state index in [1.807, 2.05) is 18.2 Å². The van der Waals surface area contributed by atoms with Gasteiger partial charge in [-0.15, -0.1) is 0 Å². The van der Waals surface area contributed by atoms with Gasteiger partial charge in [0, 0.05) is 12.5 Å². The minimum absolute atomic E-state index is 0.232. The number of aryl methyl sites for hydroxylation is 1. The second-order valence-electron chi connectivity index (χ2n) is 11.8. The molecule has 0 heterocycles. The SMILES string of the molecule is C=CC(=C)CCCCCC1CCC1c1ccc(C(=O)Oc2ccc(OC(=O)c3ccc(OCCCOC(=O)C=C)cc3)c(C)c2)cc1. The van der Waals surface area contributed by atoms with Crippen LogP contribution in [0.15, 0.2) is 104 Å². The molecule has 4 rings (SSSR count). The smallest absolute Gasteiger partial charge is 0.343 e. The van der Waals surface area contributed by atoms with Crippen molar-refractivity contribution >= 4 is 17.9 Å². The van der Waals surface area contributed by atoms with Crippen molar-refractivity contribution in [2.24, 2.45) is 5.92 Å². The van der Waals surface area contributed by atoms with E-state index in [2.05, 4.69) is 31.9 Å². The number of allylic oxidation sites excluding steroid dienone is 2. The molecule has 0 aliphatic heterocycles. The fourth-order valence-electron chi connectivity index (χ4n) is 5.55. The van der Waals surface area contributed by atoms with Crippen LogP contribution >= 0.6 is 0 Å². The number of benzene rings is 3. The van der Waals surface area contributed by atoms with Gasteiger partial charge in [0.15, 0.2) is 0 Å². The normalized spacial score (nSPS) is 15.1. The lowest BCUT2D eigenvalue weighted by Crippen LogP contribution is -2.23. The van der Waals surface area contributed by atoms with Crippen molar-refractivity contribution in [3.05, 3.63) is 126 Å². The Morgan fingerprint density at radius 3 is 2.09 bits per heavy atom. The van der Waals surface area contributed by atoms with E-state index < -0.39 is 17.9 Å². The Bertz CT molecular complexity index is 1550. The van der Waals surface area contributed by atoms with Crippen LogP contribution in [0.1, 0.15) is 89.1 Å². The summed E-state index contributed by atoms with van der Waals surface area (Å²) >= 11 is 0. The number of rotatable bonds is 18. The third kappa shape index (κ3) is 10.6. The molecule has 2 unspecified atom stereocenters. The van der Waals surface area contributed by atoms with Crippen molar-refractivity contribution in [1.82, 2.24) is 0 Å². The van der Waals surface area contributed by atoms with E-state index in [-0.39, 0.29) is 6.61 Å². The summed E-state index contributed by atoms with van der Waals surface area (Å²) in [6.07, 6.45) is 11.8. The van der Waals surface area contributed by atoms with Crippen LogP contribution in [-0.2, 0) is 9.53 Å². The molecule has 2 atom stereocenters. The van der Waals surface area contributed by atoms with Gasteiger partial charge in [0.2, 0.25) is 0 Å². The van der Waals surface area contributed by atoms with Gasteiger partial charge in [-0.05, 0) is 117 Å². The number of hydrogen-bond donors (Lipinski definition) is 0. The summed E-state index contributed by atoms with van der Waals surface area (Å²) in [4.78, 5) is 36.7. The maximum atomic E-state index is 12.9. The number of carbonyl (C=O) groups excluding carboxylic acids is 3.